The largest absolute Gasteiger partial charge is 0.260 e. The Labute approximate surface area is 105 Å². The van der Waals surface area contributed by atoms with Gasteiger partial charge in [-0.1, -0.05) is 32.0 Å². The van der Waals surface area contributed by atoms with E-state index >= 15 is 0 Å². The van der Waals surface area contributed by atoms with Crippen LogP contribution in [0.1, 0.15) is 25.1 Å². The quantitative estimate of drug-likeness (QED) is 0.640. The Kier molecular flexibility index (Phi) is 2.60. The average molecular weight is 241 g/mol. The number of aromatic nitrogens is 1. The van der Waals surface area contributed by atoms with Gasteiger partial charge in [-0.15, -0.1) is 11.3 Å². The second-order valence-corrected chi connectivity index (χ2v) is 5.31. The van der Waals surface area contributed by atoms with Crippen LogP contribution in [-0.2, 0) is 12.8 Å². The molecule has 0 amide bonds. The van der Waals surface area contributed by atoms with Gasteiger partial charge in [0.15, 0.2) is 0 Å². The summed E-state index contributed by atoms with van der Waals surface area (Å²) in [4.78, 5) is 4.60. The number of hydrogen-bond donors (Lipinski definition) is 0. The van der Waals surface area contributed by atoms with Gasteiger partial charge in [0.05, 0.1) is 4.70 Å². The molecule has 0 saturated heterocycles. The van der Waals surface area contributed by atoms with E-state index in [1.54, 1.807) is 0 Å². The molecule has 17 heavy (non-hydrogen) atoms. The average Bonchev–Trinajstić information content (AvgIpc) is 2.76. The summed E-state index contributed by atoms with van der Waals surface area (Å²) in [5.41, 5.74) is 2.69. The lowest BCUT2D eigenvalue weighted by Crippen LogP contribution is -1.95. The van der Waals surface area contributed by atoms with E-state index in [9.17, 15) is 0 Å². The molecule has 2 aromatic heterocycles. The molecule has 0 atom stereocenters. The van der Waals surface area contributed by atoms with Gasteiger partial charge in [0.2, 0.25) is 0 Å². The summed E-state index contributed by atoms with van der Waals surface area (Å²) in [5.74, 6) is 0. The predicted octanol–water partition coefficient (Wildman–Crippen LogP) is 4.57. The number of pyridine rings is 1. The van der Waals surface area contributed by atoms with Gasteiger partial charge in [0.1, 0.15) is 0 Å². The van der Waals surface area contributed by atoms with Crippen molar-refractivity contribution in [3.63, 3.8) is 0 Å². The molecule has 0 radical (unpaired) electrons. The molecule has 0 fully saturated rings. The highest BCUT2D eigenvalue weighted by molar-refractivity contribution is 7.25. The summed E-state index contributed by atoms with van der Waals surface area (Å²) in [7, 11) is 0. The van der Waals surface area contributed by atoms with E-state index in [1.807, 2.05) is 17.5 Å². The molecular formula is C15H15NS. The zero-order chi connectivity index (χ0) is 11.8. The van der Waals surface area contributed by atoms with Gasteiger partial charge in [-0.25, -0.2) is 0 Å². The van der Waals surface area contributed by atoms with Crippen molar-refractivity contribution in [2.24, 2.45) is 0 Å². The van der Waals surface area contributed by atoms with Crippen LogP contribution >= 0.6 is 11.3 Å². The molecule has 0 saturated carbocycles. The Morgan fingerprint density at radius 3 is 2.65 bits per heavy atom. The maximum atomic E-state index is 4.60. The summed E-state index contributed by atoms with van der Waals surface area (Å²) in [5, 5.41) is 2.82. The minimum absolute atomic E-state index is 1.02. The molecule has 3 rings (SSSR count). The van der Waals surface area contributed by atoms with E-state index in [1.165, 1.54) is 31.4 Å². The molecule has 86 valence electrons. The molecule has 1 nitrogen and oxygen atoms in total. The van der Waals surface area contributed by atoms with Gasteiger partial charge in [-0.3, -0.25) is 4.98 Å². The molecule has 1 aromatic carbocycles. The highest BCUT2D eigenvalue weighted by Gasteiger charge is 2.11. The van der Waals surface area contributed by atoms with Gasteiger partial charge >= 0.3 is 0 Å². The lowest BCUT2D eigenvalue weighted by atomic mass is 10.0. The highest BCUT2D eigenvalue weighted by atomic mass is 32.1. The lowest BCUT2D eigenvalue weighted by molar-refractivity contribution is 0.981. The molecule has 0 spiro atoms. The number of fused-ring (bicyclic) bond motifs is 3. The molecule has 0 aliphatic rings. The maximum Gasteiger partial charge on any atom is 0.0541 e. The van der Waals surface area contributed by atoms with Crippen molar-refractivity contribution >= 4 is 31.5 Å². The second kappa shape index (κ2) is 4.11. The summed E-state index contributed by atoms with van der Waals surface area (Å²) in [6.07, 6.45) is 4.12. The minimum atomic E-state index is 1.02. The molecule has 3 aromatic rings. The second-order valence-electron chi connectivity index (χ2n) is 4.23. The number of aryl methyl sites for hydroxylation is 2. The third-order valence-electron chi connectivity index (χ3n) is 3.30. The normalized spacial score (nSPS) is 11.4. The predicted molar refractivity (Wildman–Crippen MR) is 75.9 cm³/mol. The van der Waals surface area contributed by atoms with Gasteiger partial charge in [0.25, 0.3) is 0 Å². The van der Waals surface area contributed by atoms with Crippen LogP contribution in [0.15, 0.2) is 30.5 Å². The van der Waals surface area contributed by atoms with Crippen molar-refractivity contribution in [1.82, 2.24) is 4.98 Å². The van der Waals surface area contributed by atoms with Crippen molar-refractivity contribution in [2.45, 2.75) is 26.7 Å². The van der Waals surface area contributed by atoms with E-state index < -0.39 is 0 Å². The smallest absolute Gasteiger partial charge is 0.0541 e. The standard InChI is InChI=1S/C15H15NS/c1-3-10-12(4-2)16-9-14-15(10)11-7-5-6-8-13(11)17-14/h5-9H,3-4H2,1-2H3. The van der Waals surface area contributed by atoms with E-state index in [2.05, 4.69) is 43.1 Å². The van der Waals surface area contributed by atoms with Gasteiger partial charge in [0, 0.05) is 27.4 Å². The SMILES string of the molecule is CCc1ncc2sc3ccccc3c2c1CC. The first kappa shape index (κ1) is 10.7. The van der Waals surface area contributed by atoms with Crippen LogP contribution in [0.2, 0.25) is 0 Å². The van der Waals surface area contributed by atoms with Gasteiger partial charge < -0.3 is 0 Å². The van der Waals surface area contributed by atoms with Crippen molar-refractivity contribution < 1.29 is 0 Å². The first-order valence-corrected chi connectivity index (χ1v) is 6.94. The van der Waals surface area contributed by atoms with Gasteiger partial charge in [-0.2, -0.15) is 0 Å². The molecule has 0 N–H and O–H groups in total. The van der Waals surface area contributed by atoms with Crippen molar-refractivity contribution in [2.75, 3.05) is 0 Å². The Balaban J connectivity index is 2.51. The zero-order valence-electron chi connectivity index (χ0n) is 10.2. The molecule has 0 aliphatic heterocycles. The topological polar surface area (TPSA) is 12.9 Å². The van der Waals surface area contributed by atoms with Crippen LogP contribution in [-0.4, -0.2) is 4.98 Å². The van der Waals surface area contributed by atoms with Crippen molar-refractivity contribution in [3.8, 4) is 0 Å². The fraction of sp³-hybridized carbons (Fsp3) is 0.267. The monoisotopic (exact) mass is 241 g/mol. The number of rotatable bonds is 2. The fourth-order valence-corrected chi connectivity index (χ4v) is 3.62. The molecule has 2 heteroatoms. The molecule has 0 aliphatic carbocycles. The van der Waals surface area contributed by atoms with E-state index in [0.29, 0.717) is 0 Å². The Bertz CT molecular complexity index is 682. The maximum absolute atomic E-state index is 4.60. The van der Waals surface area contributed by atoms with Crippen molar-refractivity contribution in [1.29, 1.82) is 0 Å². The first-order valence-electron chi connectivity index (χ1n) is 6.13. The zero-order valence-corrected chi connectivity index (χ0v) is 11.0. The number of nitrogens with zero attached hydrogens (tertiary/aromatic N) is 1. The van der Waals surface area contributed by atoms with Crippen LogP contribution in [0.3, 0.4) is 0 Å². The number of thiophene rings is 1. The number of benzene rings is 1. The molecule has 0 bridgehead atoms. The van der Waals surface area contributed by atoms with Gasteiger partial charge in [-0.05, 0) is 24.5 Å². The van der Waals surface area contributed by atoms with E-state index in [-0.39, 0.29) is 0 Å². The van der Waals surface area contributed by atoms with E-state index in [0.717, 1.165) is 12.8 Å². The summed E-state index contributed by atoms with van der Waals surface area (Å²) in [6, 6.07) is 8.66. The minimum Gasteiger partial charge on any atom is -0.260 e. The van der Waals surface area contributed by atoms with E-state index in [4.69, 9.17) is 0 Å². The van der Waals surface area contributed by atoms with Crippen LogP contribution in [0, 0.1) is 0 Å². The van der Waals surface area contributed by atoms with Crippen LogP contribution in [0.25, 0.3) is 20.2 Å². The van der Waals surface area contributed by atoms with Crippen LogP contribution in [0.5, 0.6) is 0 Å². The third-order valence-corrected chi connectivity index (χ3v) is 4.40. The third kappa shape index (κ3) is 1.55. The molecule has 2 heterocycles. The Morgan fingerprint density at radius 2 is 1.88 bits per heavy atom. The Morgan fingerprint density at radius 1 is 1.06 bits per heavy atom. The molecule has 0 unspecified atom stereocenters. The van der Waals surface area contributed by atoms with Crippen LogP contribution < -0.4 is 0 Å². The number of hydrogen-bond acceptors (Lipinski definition) is 2. The summed E-state index contributed by atoms with van der Waals surface area (Å²) < 4.78 is 2.69. The highest BCUT2D eigenvalue weighted by Crippen LogP contribution is 2.36. The van der Waals surface area contributed by atoms with Crippen molar-refractivity contribution in [3.05, 3.63) is 41.7 Å². The Hall–Kier alpha value is -1.41. The molecular weight excluding hydrogens is 226 g/mol. The first-order chi connectivity index (χ1) is 8.35. The fourth-order valence-electron chi connectivity index (χ4n) is 2.51. The summed E-state index contributed by atoms with van der Waals surface area (Å²) in [6.45, 7) is 4.41. The van der Waals surface area contributed by atoms with Crippen LogP contribution in [0.4, 0.5) is 0 Å². The summed E-state index contributed by atoms with van der Waals surface area (Å²) >= 11 is 1.85. The lowest BCUT2D eigenvalue weighted by Gasteiger charge is -2.06.